The topological polar surface area (TPSA) is 95.1 Å². The molecule has 0 heterocycles. The number of hydrogen-bond acceptors (Lipinski definition) is 6. The molecule has 8 heteroatoms. The Morgan fingerprint density at radius 1 is 0.524 bits per heavy atom. The van der Waals surface area contributed by atoms with E-state index in [-0.39, 0.29) is 24.7 Å². The summed E-state index contributed by atoms with van der Waals surface area (Å²) in [5.74, 6) is 2.16. The molecule has 4 aromatic rings. The van der Waals surface area contributed by atoms with Crippen LogP contribution in [-0.2, 0) is 22.4 Å². The number of carbonyl (C=O) groups is 2. The number of benzene rings is 4. The van der Waals surface area contributed by atoms with Crippen molar-refractivity contribution < 1.29 is 28.5 Å². The lowest BCUT2D eigenvalue weighted by Gasteiger charge is -2.14. The number of rotatable bonds is 11. The summed E-state index contributed by atoms with van der Waals surface area (Å²) in [5, 5.41) is 6.01. The Hall–Kier alpha value is -4.98. The molecule has 2 amide bonds. The minimum absolute atomic E-state index is 0.123. The quantitative estimate of drug-likeness (QED) is 0.218. The summed E-state index contributed by atoms with van der Waals surface area (Å²) in [7, 11) is 6.29. The van der Waals surface area contributed by atoms with Gasteiger partial charge >= 0.3 is 0 Å². The van der Waals surface area contributed by atoms with E-state index in [1.165, 1.54) is 0 Å². The molecular formula is C34H36N2O6. The highest BCUT2D eigenvalue weighted by Gasteiger charge is 2.13. The number of hydrogen-bond donors (Lipinski definition) is 2. The van der Waals surface area contributed by atoms with Crippen molar-refractivity contribution in [2.45, 2.75) is 26.7 Å². The maximum absolute atomic E-state index is 12.8. The largest absolute Gasteiger partial charge is 0.493 e. The van der Waals surface area contributed by atoms with Crippen molar-refractivity contribution >= 4 is 23.2 Å². The average molecular weight is 569 g/mol. The number of anilines is 2. The fraction of sp³-hybridized carbons (Fsp3) is 0.235. The minimum atomic E-state index is -0.123. The van der Waals surface area contributed by atoms with Gasteiger partial charge in [0.2, 0.25) is 11.8 Å². The molecule has 0 atom stereocenters. The van der Waals surface area contributed by atoms with Crippen LogP contribution in [0.25, 0.3) is 11.1 Å². The Balaban J connectivity index is 1.40. The van der Waals surface area contributed by atoms with Crippen LogP contribution in [0.3, 0.4) is 0 Å². The summed E-state index contributed by atoms with van der Waals surface area (Å²) >= 11 is 0. The normalized spacial score (nSPS) is 10.5. The van der Waals surface area contributed by atoms with E-state index < -0.39 is 0 Å². The van der Waals surface area contributed by atoms with Gasteiger partial charge in [-0.3, -0.25) is 9.59 Å². The zero-order valence-corrected chi connectivity index (χ0v) is 24.8. The van der Waals surface area contributed by atoms with Crippen LogP contribution in [0.15, 0.2) is 72.8 Å². The molecule has 4 rings (SSSR count). The summed E-state index contributed by atoms with van der Waals surface area (Å²) in [4.78, 5) is 25.5. The van der Waals surface area contributed by atoms with Crippen molar-refractivity contribution in [3.8, 4) is 34.1 Å². The van der Waals surface area contributed by atoms with Crippen LogP contribution >= 0.6 is 0 Å². The number of nitrogens with one attached hydrogen (secondary N) is 2. The van der Waals surface area contributed by atoms with Gasteiger partial charge in [0.25, 0.3) is 0 Å². The summed E-state index contributed by atoms with van der Waals surface area (Å²) in [6.45, 7) is 3.93. The first kappa shape index (κ1) is 30.0. The SMILES string of the molecule is COc1ccc(CC(=O)Nc2ccc(-c3ccc(NC(=O)Cc4ccc(OC)c(OC)c4)c(C)c3)cc2C)cc1OC. The molecule has 0 fully saturated rings. The van der Waals surface area contributed by atoms with Crippen LogP contribution in [0.2, 0.25) is 0 Å². The fourth-order valence-corrected chi connectivity index (χ4v) is 4.71. The van der Waals surface area contributed by atoms with E-state index in [2.05, 4.69) is 10.6 Å². The van der Waals surface area contributed by atoms with E-state index in [1.807, 2.05) is 62.4 Å². The van der Waals surface area contributed by atoms with Crippen molar-refractivity contribution in [3.63, 3.8) is 0 Å². The molecule has 42 heavy (non-hydrogen) atoms. The first-order valence-electron chi connectivity index (χ1n) is 13.5. The molecule has 0 spiro atoms. The van der Waals surface area contributed by atoms with Crippen molar-refractivity contribution in [1.29, 1.82) is 0 Å². The molecule has 0 saturated carbocycles. The summed E-state index contributed by atoms with van der Waals surface area (Å²) < 4.78 is 21.2. The van der Waals surface area contributed by atoms with Gasteiger partial charge in [0, 0.05) is 11.4 Å². The molecule has 0 saturated heterocycles. The van der Waals surface area contributed by atoms with Gasteiger partial charge in [-0.25, -0.2) is 0 Å². The zero-order valence-electron chi connectivity index (χ0n) is 24.8. The smallest absolute Gasteiger partial charge is 0.228 e. The molecule has 218 valence electrons. The number of carbonyl (C=O) groups excluding carboxylic acids is 2. The Morgan fingerprint density at radius 2 is 0.905 bits per heavy atom. The van der Waals surface area contributed by atoms with Gasteiger partial charge in [-0.1, -0.05) is 24.3 Å². The fourth-order valence-electron chi connectivity index (χ4n) is 4.71. The molecule has 0 aliphatic heterocycles. The van der Waals surface area contributed by atoms with Crippen LogP contribution < -0.4 is 29.6 Å². The van der Waals surface area contributed by atoms with E-state index in [1.54, 1.807) is 52.7 Å². The predicted octanol–water partition coefficient (Wildman–Crippen LogP) is 6.37. The van der Waals surface area contributed by atoms with E-state index in [4.69, 9.17) is 18.9 Å². The van der Waals surface area contributed by atoms with E-state index in [0.717, 1.165) is 44.8 Å². The monoisotopic (exact) mass is 568 g/mol. The van der Waals surface area contributed by atoms with Gasteiger partial charge in [0.1, 0.15) is 0 Å². The third-order valence-electron chi connectivity index (χ3n) is 6.96. The molecule has 0 aliphatic carbocycles. The molecule has 4 aromatic carbocycles. The van der Waals surface area contributed by atoms with Crippen molar-refractivity contribution in [2.24, 2.45) is 0 Å². The highest BCUT2D eigenvalue weighted by atomic mass is 16.5. The average Bonchev–Trinajstić information content (AvgIpc) is 2.99. The van der Waals surface area contributed by atoms with Crippen LogP contribution in [0.5, 0.6) is 23.0 Å². The molecule has 0 bridgehead atoms. The third kappa shape index (κ3) is 7.20. The van der Waals surface area contributed by atoms with Gasteiger partial charge in [-0.15, -0.1) is 0 Å². The summed E-state index contributed by atoms with van der Waals surface area (Å²) in [6, 6.07) is 22.7. The predicted molar refractivity (Wildman–Crippen MR) is 165 cm³/mol. The zero-order chi connectivity index (χ0) is 30.2. The van der Waals surface area contributed by atoms with Crippen LogP contribution in [-0.4, -0.2) is 40.3 Å². The second-order valence-electron chi connectivity index (χ2n) is 9.89. The second kappa shape index (κ2) is 13.6. The Bertz CT molecular complexity index is 1480. The molecule has 0 aromatic heterocycles. The standard InChI is InChI=1S/C34H36N2O6/c1-21-15-25(9-11-27(21)35-33(37)19-23-7-13-29(39-3)31(17-23)41-5)26-10-12-28(22(2)16-26)36-34(38)20-24-8-14-30(40-4)32(18-24)42-6/h7-18H,19-20H2,1-6H3,(H,35,37)(H,36,38). The van der Waals surface area contributed by atoms with Gasteiger partial charge in [0.05, 0.1) is 41.3 Å². The maximum Gasteiger partial charge on any atom is 0.228 e. The van der Waals surface area contributed by atoms with Crippen LogP contribution in [0.1, 0.15) is 22.3 Å². The van der Waals surface area contributed by atoms with Crippen molar-refractivity contribution in [3.05, 3.63) is 95.1 Å². The van der Waals surface area contributed by atoms with Gasteiger partial charge in [-0.05, 0) is 95.8 Å². The number of aryl methyl sites for hydroxylation is 2. The molecule has 0 radical (unpaired) electrons. The second-order valence-corrected chi connectivity index (χ2v) is 9.89. The lowest BCUT2D eigenvalue weighted by molar-refractivity contribution is -0.116. The lowest BCUT2D eigenvalue weighted by Crippen LogP contribution is -2.15. The van der Waals surface area contributed by atoms with E-state index in [9.17, 15) is 9.59 Å². The number of amides is 2. The first-order valence-corrected chi connectivity index (χ1v) is 13.5. The highest BCUT2D eigenvalue weighted by molar-refractivity contribution is 5.94. The minimum Gasteiger partial charge on any atom is -0.493 e. The number of ether oxygens (including phenoxy) is 4. The van der Waals surface area contributed by atoms with E-state index in [0.29, 0.717) is 23.0 Å². The molecular weight excluding hydrogens is 532 g/mol. The molecule has 2 N–H and O–H groups in total. The van der Waals surface area contributed by atoms with Gasteiger partial charge in [0.15, 0.2) is 23.0 Å². The molecule has 8 nitrogen and oxygen atoms in total. The Morgan fingerprint density at radius 3 is 1.24 bits per heavy atom. The van der Waals surface area contributed by atoms with Crippen molar-refractivity contribution in [1.82, 2.24) is 0 Å². The maximum atomic E-state index is 12.8. The van der Waals surface area contributed by atoms with Crippen LogP contribution in [0, 0.1) is 13.8 Å². The Labute approximate surface area is 246 Å². The van der Waals surface area contributed by atoms with Crippen LogP contribution in [0.4, 0.5) is 11.4 Å². The summed E-state index contributed by atoms with van der Waals surface area (Å²) in [5.41, 5.74) is 7.06. The molecule has 0 unspecified atom stereocenters. The highest BCUT2D eigenvalue weighted by Crippen LogP contribution is 2.31. The molecule has 0 aliphatic rings. The van der Waals surface area contributed by atoms with E-state index >= 15 is 0 Å². The number of methoxy groups -OCH3 is 4. The van der Waals surface area contributed by atoms with Gasteiger partial charge in [-0.2, -0.15) is 0 Å². The first-order chi connectivity index (χ1) is 20.2. The Kier molecular flexibility index (Phi) is 9.70. The lowest BCUT2D eigenvalue weighted by atomic mass is 9.99. The van der Waals surface area contributed by atoms with Gasteiger partial charge < -0.3 is 29.6 Å². The summed E-state index contributed by atoms with van der Waals surface area (Å²) in [6.07, 6.45) is 0.417. The third-order valence-corrected chi connectivity index (χ3v) is 6.96. The van der Waals surface area contributed by atoms with Crippen molar-refractivity contribution in [2.75, 3.05) is 39.1 Å².